The number of carbonyl (C=O) groups is 2. The lowest BCUT2D eigenvalue weighted by molar-refractivity contribution is -0.140. The Labute approximate surface area is 221 Å². The summed E-state index contributed by atoms with van der Waals surface area (Å²) in [5.74, 6) is -0.561. The topological polar surface area (TPSA) is 96.3 Å². The highest BCUT2D eigenvalue weighted by atomic mass is 32.2. The number of nitrogens with zero attached hydrogens (tertiary/aromatic N) is 3. The third-order valence-electron chi connectivity index (χ3n) is 6.64. The monoisotopic (exact) mass is 529 g/mol. The van der Waals surface area contributed by atoms with Crippen molar-refractivity contribution < 1.29 is 22.7 Å². The van der Waals surface area contributed by atoms with Crippen molar-refractivity contribution in [3.05, 3.63) is 96.1 Å². The zero-order chi connectivity index (χ0) is 26.7. The number of hydrazone groups is 1. The molecule has 1 fully saturated rings. The molecule has 0 atom stereocenters. The maximum atomic E-state index is 12.9. The van der Waals surface area contributed by atoms with Gasteiger partial charge < -0.3 is 4.74 Å². The first-order chi connectivity index (χ1) is 18.3. The van der Waals surface area contributed by atoms with Gasteiger partial charge in [-0.25, -0.2) is 8.42 Å². The number of rotatable bonds is 6. The van der Waals surface area contributed by atoms with Crippen LogP contribution in [0.15, 0.2) is 100 Å². The van der Waals surface area contributed by atoms with E-state index >= 15 is 0 Å². The molecule has 0 aromatic heterocycles. The van der Waals surface area contributed by atoms with Crippen molar-refractivity contribution in [1.82, 2.24) is 4.31 Å². The first kappa shape index (κ1) is 25.6. The number of hydrogen-bond donors (Lipinski definition) is 0. The van der Waals surface area contributed by atoms with Gasteiger partial charge in [0.2, 0.25) is 10.0 Å². The highest BCUT2D eigenvalue weighted by molar-refractivity contribution is 7.89. The van der Waals surface area contributed by atoms with Crippen LogP contribution in [0.1, 0.15) is 25.3 Å². The second kappa shape index (κ2) is 10.7. The molecule has 8 nitrogen and oxygen atoms in total. The van der Waals surface area contributed by atoms with Crippen molar-refractivity contribution >= 4 is 39.4 Å². The summed E-state index contributed by atoms with van der Waals surface area (Å²) in [6.07, 6.45) is 2.56. The lowest BCUT2D eigenvalue weighted by atomic mass is 9.98. The number of para-hydroxylation sites is 1. The van der Waals surface area contributed by atoms with Gasteiger partial charge in [-0.2, -0.15) is 14.4 Å². The van der Waals surface area contributed by atoms with Gasteiger partial charge in [0, 0.05) is 13.1 Å². The minimum Gasteiger partial charge on any atom is -0.426 e. The van der Waals surface area contributed by atoms with E-state index in [1.54, 1.807) is 67.6 Å². The number of amides is 1. The Balaban J connectivity index is 1.18. The van der Waals surface area contributed by atoms with Gasteiger partial charge in [-0.1, -0.05) is 48.5 Å². The number of anilines is 1. The first-order valence-corrected chi connectivity index (χ1v) is 13.8. The molecule has 0 radical (unpaired) electrons. The molecule has 5 rings (SSSR count). The Morgan fingerprint density at radius 1 is 0.921 bits per heavy atom. The molecule has 2 aliphatic heterocycles. The lowest BCUT2D eigenvalue weighted by Gasteiger charge is -2.30. The SMILES string of the molecule is CC1=NN(c2ccccc2)C(=O)/C1=C\c1ccc(OC(=O)C2CCN(S(=O)(=O)c3ccccc3)CC2)cc1. The Bertz CT molecular complexity index is 1490. The molecule has 1 saturated heterocycles. The molecular weight excluding hydrogens is 502 g/mol. The maximum absolute atomic E-state index is 12.9. The number of hydrogen-bond acceptors (Lipinski definition) is 6. The predicted molar refractivity (Wildman–Crippen MR) is 145 cm³/mol. The summed E-state index contributed by atoms with van der Waals surface area (Å²) in [6.45, 7) is 2.32. The van der Waals surface area contributed by atoms with Gasteiger partial charge in [0.05, 0.1) is 27.8 Å². The van der Waals surface area contributed by atoms with Crippen molar-refractivity contribution in [2.75, 3.05) is 18.1 Å². The molecular formula is C29H27N3O5S. The largest absolute Gasteiger partial charge is 0.426 e. The molecule has 3 aromatic rings. The number of benzene rings is 3. The molecule has 0 unspecified atom stereocenters. The van der Waals surface area contributed by atoms with Gasteiger partial charge in [-0.15, -0.1) is 0 Å². The van der Waals surface area contributed by atoms with Crippen LogP contribution in [-0.2, 0) is 19.6 Å². The van der Waals surface area contributed by atoms with E-state index in [2.05, 4.69) is 5.10 Å². The second-order valence-electron chi connectivity index (χ2n) is 9.18. The number of esters is 1. The van der Waals surface area contributed by atoms with Crippen molar-refractivity contribution in [3.8, 4) is 5.75 Å². The average Bonchev–Trinajstić information content (AvgIpc) is 3.23. The van der Waals surface area contributed by atoms with Crippen LogP contribution in [0.25, 0.3) is 6.08 Å². The Kier molecular flexibility index (Phi) is 7.22. The molecule has 194 valence electrons. The van der Waals surface area contributed by atoms with Crippen LogP contribution in [0.2, 0.25) is 0 Å². The Morgan fingerprint density at radius 2 is 1.53 bits per heavy atom. The third-order valence-corrected chi connectivity index (χ3v) is 8.55. The van der Waals surface area contributed by atoms with Crippen molar-refractivity contribution in [2.45, 2.75) is 24.7 Å². The minimum absolute atomic E-state index is 0.204. The zero-order valence-corrected chi connectivity index (χ0v) is 21.7. The molecule has 0 saturated carbocycles. The molecule has 2 heterocycles. The summed E-state index contributed by atoms with van der Waals surface area (Å²) >= 11 is 0. The van der Waals surface area contributed by atoms with Crippen LogP contribution in [0.4, 0.5) is 5.69 Å². The van der Waals surface area contributed by atoms with Crippen LogP contribution in [0.3, 0.4) is 0 Å². The number of ether oxygens (including phenoxy) is 1. The number of piperidine rings is 1. The van der Waals surface area contributed by atoms with Gasteiger partial charge in [0.25, 0.3) is 5.91 Å². The van der Waals surface area contributed by atoms with Gasteiger partial charge >= 0.3 is 5.97 Å². The maximum Gasteiger partial charge on any atom is 0.314 e. The fraction of sp³-hybridized carbons (Fsp3) is 0.207. The Morgan fingerprint density at radius 3 is 2.16 bits per heavy atom. The highest BCUT2D eigenvalue weighted by Gasteiger charge is 2.33. The minimum atomic E-state index is -3.57. The van der Waals surface area contributed by atoms with Crippen LogP contribution in [-0.4, -0.2) is 43.4 Å². The molecule has 0 spiro atoms. The van der Waals surface area contributed by atoms with Crippen molar-refractivity contribution in [2.24, 2.45) is 11.0 Å². The van der Waals surface area contributed by atoms with Crippen molar-refractivity contribution in [1.29, 1.82) is 0 Å². The third kappa shape index (κ3) is 5.29. The van der Waals surface area contributed by atoms with E-state index in [0.717, 1.165) is 5.56 Å². The number of carbonyl (C=O) groups excluding carboxylic acids is 2. The lowest BCUT2D eigenvalue weighted by Crippen LogP contribution is -2.41. The van der Waals surface area contributed by atoms with E-state index in [1.165, 1.54) is 9.31 Å². The van der Waals surface area contributed by atoms with Crippen LogP contribution in [0, 0.1) is 5.92 Å². The zero-order valence-electron chi connectivity index (χ0n) is 20.9. The molecule has 0 N–H and O–H groups in total. The molecule has 0 bridgehead atoms. The molecule has 3 aromatic carbocycles. The molecule has 1 amide bonds. The van der Waals surface area contributed by atoms with Gasteiger partial charge in [0.1, 0.15) is 5.75 Å². The standard InChI is InChI=1S/C29H27N3O5S/c1-21-27(28(33)32(30-21)24-8-4-2-5-9-24)20-22-12-14-25(15-13-22)37-29(34)23-16-18-31(19-17-23)38(35,36)26-10-6-3-7-11-26/h2-15,20,23H,16-19H2,1H3/b27-20-. The quantitative estimate of drug-likeness (QED) is 0.266. The van der Waals surface area contributed by atoms with E-state index in [4.69, 9.17) is 4.74 Å². The summed E-state index contributed by atoms with van der Waals surface area (Å²) in [5.41, 5.74) is 2.59. The van der Waals surface area contributed by atoms with Gasteiger partial charge in [-0.05, 0) is 67.8 Å². The fourth-order valence-corrected chi connectivity index (χ4v) is 5.99. The van der Waals surface area contributed by atoms with E-state index in [1.807, 2.05) is 30.3 Å². The van der Waals surface area contributed by atoms with Crippen LogP contribution >= 0.6 is 0 Å². The summed E-state index contributed by atoms with van der Waals surface area (Å²) in [7, 11) is -3.57. The predicted octanol–water partition coefficient (Wildman–Crippen LogP) is 4.50. The van der Waals surface area contributed by atoms with Crippen molar-refractivity contribution in [3.63, 3.8) is 0 Å². The van der Waals surface area contributed by atoms with E-state index in [0.29, 0.717) is 35.6 Å². The summed E-state index contributed by atoms with van der Waals surface area (Å²) in [6, 6.07) is 24.5. The Hall–Kier alpha value is -4.08. The molecule has 2 aliphatic rings. The first-order valence-electron chi connectivity index (χ1n) is 12.4. The van der Waals surface area contributed by atoms with E-state index < -0.39 is 10.0 Å². The highest BCUT2D eigenvalue weighted by Crippen LogP contribution is 2.27. The normalized spacial score (nSPS) is 18.0. The molecule has 38 heavy (non-hydrogen) atoms. The van der Waals surface area contributed by atoms with Crippen LogP contribution < -0.4 is 9.75 Å². The molecule has 9 heteroatoms. The average molecular weight is 530 g/mol. The summed E-state index contributed by atoms with van der Waals surface area (Å²) in [4.78, 5) is 25.9. The van der Waals surface area contributed by atoms with Crippen LogP contribution in [0.5, 0.6) is 5.75 Å². The summed E-state index contributed by atoms with van der Waals surface area (Å²) < 4.78 is 32.6. The second-order valence-corrected chi connectivity index (χ2v) is 11.1. The molecule has 0 aliphatic carbocycles. The smallest absolute Gasteiger partial charge is 0.314 e. The summed E-state index contributed by atoms with van der Waals surface area (Å²) in [5, 5.41) is 5.77. The van der Waals surface area contributed by atoms with E-state index in [9.17, 15) is 18.0 Å². The fourth-order valence-electron chi connectivity index (χ4n) is 4.50. The van der Waals surface area contributed by atoms with E-state index in [-0.39, 0.29) is 35.8 Å². The van der Waals surface area contributed by atoms with Gasteiger partial charge in [0.15, 0.2) is 0 Å². The number of sulfonamides is 1. The van der Waals surface area contributed by atoms with Gasteiger partial charge in [-0.3, -0.25) is 9.59 Å².